The van der Waals surface area contributed by atoms with Crippen molar-refractivity contribution < 1.29 is 9.53 Å². The average molecular weight is 183 g/mol. The van der Waals surface area contributed by atoms with E-state index >= 15 is 0 Å². The molecule has 0 amide bonds. The number of aromatic nitrogens is 1. The van der Waals surface area contributed by atoms with E-state index in [1.807, 2.05) is 6.20 Å². The molecule has 12 heavy (non-hydrogen) atoms. The van der Waals surface area contributed by atoms with Crippen LogP contribution < -0.4 is 0 Å². The molecule has 1 saturated heterocycles. The summed E-state index contributed by atoms with van der Waals surface area (Å²) in [7, 11) is 0. The Balaban J connectivity index is 1.99. The van der Waals surface area contributed by atoms with E-state index in [0.717, 1.165) is 12.8 Å². The predicted molar refractivity (Wildman–Crippen MR) is 44.9 cm³/mol. The van der Waals surface area contributed by atoms with Gasteiger partial charge in [0.25, 0.3) is 0 Å². The molecular formula is C8H9NO2S. The fraction of sp³-hybridized carbons (Fsp3) is 0.500. The summed E-state index contributed by atoms with van der Waals surface area (Å²) >= 11 is 1.59. The minimum Gasteiger partial charge on any atom is -0.465 e. The third-order valence-electron chi connectivity index (χ3n) is 1.98. The van der Waals surface area contributed by atoms with Gasteiger partial charge in [-0.15, -0.1) is 11.3 Å². The van der Waals surface area contributed by atoms with E-state index < -0.39 is 0 Å². The highest BCUT2D eigenvalue weighted by Gasteiger charge is 2.26. The minimum absolute atomic E-state index is 0.0524. The Hall–Kier alpha value is -0.900. The van der Waals surface area contributed by atoms with Gasteiger partial charge in [0.15, 0.2) is 0 Å². The standard InChI is InChI=1S/C8H9NO2S/c10-8-6(1-2-11-8)3-7-4-9-5-12-7/h4-6H,1-3H2. The molecule has 1 aliphatic heterocycles. The van der Waals surface area contributed by atoms with Crippen molar-refractivity contribution in [2.24, 2.45) is 5.92 Å². The van der Waals surface area contributed by atoms with Crippen LogP contribution in [0, 0.1) is 5.92 Å². The molecule has 1 unspecified atom stereocenters. The predicted octanol–water partition coefficient (Wildman–Crippen LogP) is 1.25. The molecule has 0 bridgehead atoms. The second-order valence-electron chi connectivity index (χ2n) is 2.82. The Morgan fingerprint density at radius 3 is 3.25 bits per heavy atom. The normalized spacial score (nSPS) is 22.7. The number of carbonyl (C=O) groups excluding carboxylic acids is 1. The van der Waals surface area contributed by atoms with Crippen molar-refractivity contribution in [1.82, 2.24) is 4.98 Å². The largest absolute Gasteiger partial charge is 0.465 e. The maximum absolute atomic E-state index is 11.1. The van der Waals surface area contributed by atoms with Crippen molar-refractivity contribution >= 4 is 17.3 Å². The van der Waals surface area contributed by atoms with Gasteiger partial charge in [-0.2, -0.15) is 0 Å². The number of cyclic esters (lactones) is 1. The van der Waals surface area contributed by atoms with Gasteiger partial charge in [-0.25, -0.2) is 0 Å². The summed E-state index contributed by atoms with van der Waals surface area (Å²) in [4.78, 5) is 16.2. The monoisotopic (exact) mass is 183 g/mol. The molecular weight excluding hydrogens is 174 g/mol. The second kappa shape index (κ2) is 3.23. The van der Waals surface area contributed by atoms with Crippen LogP contribution in [0.5, 0.6) is 0 Å². The number of thiazole rings is 1. The van der Waals surface area contributed by atoms with Gasteiger partial charge in [-0.05, 0) is 12.8 Å². The molecule has 0 radical (unpaired) electrons. The molecule has 0 N–H and O–H groups in total. The molecule has 1 aromatic rings. The zero-order valence-electron chi connectivity index (χ0n) is 6.53. The first kappa shape index (κ1) is 7.73. The zero-order valence-corrected chi connectivity index (χ0v) is 7.34. The van der Waals surface area contributed by atoms with Crippen molar-refractivity contribution in [1.29, 1.82) is 0 Å². The quantitative estimate of drug-likeness (QED) is 0.648. The van der Waals surface area contributed by atoms with Gasteiger partial charge in [0.05, 0.1) is 18.0 Å². The van der Waals surface area contributed by atoms with Gasteiger partial charge in [0.2, 0.25) is 0 Å². The maximum Gasteiger partial charge on any atom is 0.309 e. The summed E-state index contributed by atoms with van der Waals surface area (Å²) in [6, 6.07) is 0. The summed E-state index contributed by atoms with van der Waals surface area (Å²) in [6.07, 6.45) is 3.47. The fourth-order valence-corrected chi connectivity index (χ4v) is 1.98. The van der Waals surface area contributed by atoms with Crippen molar-refractivity contribution in [2.75, 3.05) is 6.61 Å². The molecule has 64 valence electrons. The van der Waals surface area contributed by atoms with Crippen LogP contribution >= 0.6 is 11.3 Å². The number of rotatable bonds is 2. The molecule has 4 heteroatoms. The number of carbonyl (C=O) groups is 1. The first-order chi connectivity index (χ1) is 5.86. The van der Waals surface area contributed by atoms with Gasteiger partial charge in [0, 0.05) is 11.1 Å². The first-order valence-electron chi connectivity index (χ1n) is 3.90. The summed E-state index contributed by atoms with van der Waals surface area (Å²) < 4.78 is 4.86. The van der Waals surface area contributed by atoms with Gasteiger partial charge in [-0.1, -0.05) is 0 Å². The molecule has 0 aliphatic carbocycles. The fourth-order valence-electron chi connectivity index (χ4n) is 1.31. The van der Waals surface area contributed by atoms with Crippen molar-refractivity contribution in [2.45, 2.75) is 12.8 Å². The van der Waals surface area contributed by atoms with Crippen molar-refractivity contribution in [3.63, 3.8) is 0 Å². The van der Waals surface area contributed by atoms with Crippen LogP contribution in [0.4, 0.5) is 0 Å². The number of hydrogen-bond acceptors (Lipinski definition) is 4. The smallest absolute Gasteiger partial charge is 0.309 e. The number of hydrogen-bond donors (Lipinski definition) is 0. The Kier molecular flexibility index (Phi) is 2.08. The van der Waals surface area contributed by atoms with Gasteiger partial charge in [0.1, 0.15) is 0 Å². The lowest BCUT2D eigenvalue weighted by Gasteiger charge is -2.00. The van der Waals surface area contributed by atoms with Crippen LogP contribution in [-0.4, -0.2) is 17.6 Å². The van der Waals surface area contributed by atoms with Crippen molar-refractivity contribution in [3.8, 4) is 0 Å². The van der Waals surface area contributed by atoms with Crippen LogP contribution in [0.25, 0.3) is 0 Å². The number of nitrogens with zero attached hydrogens (tertiary/aromatic N) is 1. The molecule has 0 aromatic carbocycles. The SMILES string of the molecule is O=C1OCCC1Cc1cncs1. The molecule has 2 heterocycles. The summed E-state index contributed by atoms with van der Waals surface area (Å²) in [6.45, 7) is 0.586. The highest BCUT2D eigenvalue weighted by Crippen LogP contribution is 2.21. The molecule has 1 aromatic heterocycles. The van der Waals surface area contributed by atoms with E-state index in [9.17, 15) is 4.79 Å². The van der Waals surface area contributed by atoms with E-state index in [1.165, 1.54) is 4.88 Å². The van der Waals surface area contributed by atoms with Crippen LogP contribution in [-0.2, 0) is 16.0 Å². The summed E-state index contributed by atoms with van der Waals surface area (Å²) in [5.74, 6) is 0.0221. The third kappa shape index (κ3) is 1.48. The molecule has 1 fully saturated rings. The molecule has 1 atom stereocenters. The molecule has 3 nitrogen and oxygen atoms in total. The highest BCUT2D eigenvalue weighted by atomic mass is 32.1. The molecule has 0 spiro atoms. The topological polar surface area (TPSA) is 39.2 Å². The average Bonchev–Trinajstić information content (AvgIpc) is 2.65. The Labute approximate surface area is 74.4 Å². The molecule has 0 saturated carbocycles. The van der Waals surface area contributed by atoms with Gasteiger partial charge < -0.3 is 4.74 Å². The highest BCUT2D eigenvalue weighted by molar-refractivity contribution is 7.09. The Morgan fingerprint density at radius 2 is 2.67 bits per heavy atom. The zero-order chi connectivity index (χ0) is 8.39. The summed E-state index contributed by atoms with van der Waals surface area (Å²) in [5, 5.41) is 0. The third-order valence-corrected chi connectivity index (χ3v) is 2.78. The number of esters is 1. The second-order valence-corrected chi connectivity index (χ2v) is 3.80. The van der Waals surface area contributed by atoms with E-state index in [-0.39, 0.29) is 11.9 Å². The Morgan fingerprint density at radius 1 is 1.75 bits per heavy atom. The van der Waals surface area contributed by atoms with Crippen LogP contribution in [0.15, 0.2) is 11.7 Å². The summed E-state index contributed by atoms with van der Waals surface area (Å²) in [5.41, 5.74) is 1.79. The van der Waals surface area contributed by atoms with E-state index in [2.05, 4.69) is 4.98 Å². The van der Waals surface area contributed by atoms with Crippen LogP contribution in [0.2, 0.25) is 0 Å². The van der Waals surface area contributed by atoms with E-state index in [0.29, 0.717) is 6.61 Å². The maximum atomic E-state index is 11.1. The lowest BCUT2D eigenvalue weighted by molar-refractivity contribution is -0.141. The van der Waals surface area contributed by atoms with Gasteiger partial charge in [-0.3, -0.25) is 9.78 Å². The minimum atomic E-state index is -0.0524. The van der Waals surface area contributed by atoms with E-state index in [1.54, 1.807) is 16.8 Å². The molecule has 1 aliphatic rings. The van der Waals surface area contributed by atoms with Gasteiger partial charge >= 0.3 is 5.97 Å². The van der Waals surface area contributed by atoms with Crippen LogP contribution in [0.3, 0.4) is 0 Å². The van der Waals surface area contributed by atoms with E-state index in [4.69, 9.17) is 4.74 Å². The van der Waals surface area contributed by atoms with Crippen molar-refractivity contribution in [3.05, 3.63) is 16.6 Å². The lowest BCUT2D eigenvalue weighted by Crippen LogP contribution is -2.09. The first-order valence-corrected chi connectivity index (χ1v) is 4.78. The number of ether oxygens (including phenoxy) is 1. The van der Waals surface area contributed by atoms with Crippen LogP contribution in [0.1, 0.15) is 11.3 Å². The Bertz CT molecular complexity index is 271. The molecule has 2 rings (SSSR count). The lowest BCUT2D eigenvalue weighted by atomic mass is 10.0.